The second-order valence-corrected chi connectivity index (χ2v) is 13.8. The minimum atomic E-state index is 0.559. The predicted octanol–water partition coefficient (Wildman–Crippen LogP) is 12.6. The van der Waals surface area contributed by atoms with Crippen molar-refractivity contribution in [2.75, 3.05) is 0 Å². The van der Waals surface area contributed by atoms with Gasteiger partial charge in [0.05, 0.1) is 22.3 Å². The van der Waals surface area contributed by atoms with Crippen LogP contribution in [0.15, 0.2) is 164 Å². The number of fused-ring (bicyclic) bond motifs is 7. The summed E-state index contributed by atoms with van der Waals surface area (Å²) in [5.74, 6) is 1.76. The van der Waals surface area contributed by atoms with E-state index >= 15 is 0 Å². The van der Waals surface area contributed by atoms with Crippen LogP contribution >= 0.6 is 11.3 Å². The number of hydrogen-bond donors (Lipinski definition) is 0. The van der Waals surface area contributed by atoms with E-state index in [1.807, 2.05) is 96.3 Å². The number of benzene rings is 7. The minimum Gasteiger partial charge on any atom is -0.308 e. The molecule has 5 nitrogen and oxygen atoms in total. The summed E-state index contributed by atoms with van der Waals surface area (Å²) in [5, 5.41) is 4.88. The largest absolute Gasteiger partial charge is 0.308 e. The molecule has 242 valence electrons. The van der Waals surface area contributed by atoms with E-state index in [-0.39, 0.29) is 0 Å². The van der Waals surface area contributed by atoms with Gasteiger partial charge in [-0.25, -0.2) is 19.8 Å². The van der Waals surface area contributed by atoms with E-state index in [2.05, 4.69) is 88.3 Å². The Morgan fingerprint density at radius 2 is 1.06 bits per heavy atom. The van der Waals surface area contributed by atoms with Crippen LogP contribution in [-0.2, 0) is 0 Å². The molecule has 6 heteroatoms. The smallest absolute Gasteiger partial charge is 0.194 e. The van der Waals surface area contributed by atoms with E-state index < -0.39 is 0 Å². The second-order valence-electron chi connectivity index (χ2n) is 12.7. The van der Waals surface area contributed by atoms with Crippen LogP contribution in [0, 0.1) is 6.57 Å². The number of aromatic nitrogens is 4. The monoisotopic (exact) mass is 681 g/mol. The van der Waals surface area contributed by atoms with Crippen LogP contribution in [0.1, 0.15) is 0 Å². The van der Waals surface area contributed by atoms with Gasteiger partial charge in [0.2, 0.25) is 0 Å². The quantitative estimate of drug-likeness (QED) is 0.170. The summed E-state index contributed by atoms with van der Waals surface area (Å²) in [7, 11) is 0. The average Bonchev–Trinajstić information content (AvgIpc) is 3.77. The van der Waals surface area contributed by atoms with Crippen LogP contribution in [0.4, 0.5) is 5.69 Å². The van der Waals surface area contributed by atoms with Crippen LogP contribution in [0.3, 0.4) is 0 Å². The summed E-state index contributed by atoms with van der Waals surface area (Å²) >= 11 is 1.83. The van der Waals surface area contributed by atoms with Gasteiger partial charge in [-0.3, -0.25) is 0 Å². The Balaban J connectivity index is 1.31. The molecule has 0 amide bonds. The molecule has 0 aliphatic carbocycles. The Morgan fingerprint density at radius 1 is 0.481 bits per heavy atom. The van der Waals surface area contributed by atoms with Gasteiger partial charge in [0.15, 0.2) is 23.2 Å². The Bertz CT molecular complexity index is 2970. The first-order valence-corrected chi connectivity index (χ1v) is 17.9. The third-order valence-electron chi connectivity index (χ3n) is 9.65. The van der Waals surface area contributed by atoms with Crippen LogP contribution in [0.2, 0.25) is 0 Å². The SMILES string of the molecule is [C-]#[N+]c1ccccc1-c1cc(-c2nc(-c3ccccc3)nc(-c3ccccc3)n2)cc(-n2c3ccccc3c3ccc4c5ccccc5sc4c32)c1. The standard InChI is InChI=1S/C46H27N5S/c1-47-39-21-11-8-18-34(39)31-26-32(46-49-44(29-14-4-2-5-15-29)48-45(50-46)30-16-6-3-7-17-30)28-33(27-31)51-40-22-12-9-19-35(40)37-24-25-38-36-20-10-13-23-41(36)52-43(38)42(37)51/h2-28H. The third-order valence-corrected chi connectivity index (χ3v) is 10.8. The van der Waals surface area contributed by atoms with E-state index in [4.69, 9.17) is 21.5 Å². The van der Waals surface area contributed by atoms with Crippen molar-refractivity contribution in [2.45, 2.75) is 0 Å². The molecule has 3 aromatic heterocycles. The van der Waals surface area contributed by atoms with Gasteiger partial charge in [0.25, 0.3) is 0 Å². The highest BCUT2D eigenvalue weighted by molar-refractivity contribution is 7.26. The number of para-hydroxylation sites is 2. The molecule has 0 unspecified atom stereocenters. The van der Waals surface area contributed by atoms with E-state index in [9.17, 15) is 0 Å². The molecule has 0 N–H and O–H groups in total. The molecule has 0 aliphatic rings. The summed E-state index contributed by atoms with van der Waals surface area (Å²) in [4.78, 5) is 19.1. The molecule has 7 aromatic carbocycles. The van der Waals surface area contributed by atoms with Crippen molar-refractivity contribution >= 4 is 59.0 Å². The lowest BCUT2D eigenvalue weighted by Gasteiger charge is -2.15. The molecule has 0 aliphatic heterocycles. The fourth-order valence-electron chi connectivity index (χ4n) is 7.28. The molecule has 3 heterocycles. The van der Waals surface area contributed by atoms with Crippen molar-refractivity contribution in [2.24, 2.45) is 0 Å². The fourth-order valence-corrected chi connectivity index (χ4v) is 8.52. The Hall–Kier alpha value is -6.94. The number of hydrogen-bond acceptors (Lipinski definition) is 4. The van der Waals surface area contributed by atoms with Gasteiger partial charge in [0.1, 0.15) is 0 Å². The van der Waals surface area contributed by atoms with Gasteiger partial charge in [-0.05, 0) is 41.5 Å². The zero-order valence-corrected chi connectivity index (χ0v) is 28.5. The molecule has 10 aromatic rings. The normalized spacial score (nSPS) is 11.4. The summed E-state index contributed by atoms with van der Waals surface area (Å²) in [6, 6.07) is 56.1. The van der Waals surface area contributed by atoms with Crippen LogP contribution in [0.5, 0.6) is 0 Å². The summed E-state index contributed by atoms with van der Waals surface area (Å²) in [5.41, 5.74) is 8.24. The maximum atomic E-state index is 8.04. The highest BCUT2D eigenvalue weighted by Gasteiger charge is 2.20. The van der Waals surface area contributed by atoms with E-state index in [1.165, 1.54) is 30.9 Å². The molecule has 0 saturated heterocycles. The molecule has 0 bridgehead atoms. The first-order chi connectivity index (χ1) is 25.7. The Morgan fingerprint density at radius 3 is 1.79 bits per heavy atom. The number of nitrogens with zero attached hydrogens (tertiary/aromatic N) is 5. The van der Waals surface area contributed by atoms with Crippen LogP contribution < -0.4 is 0 Å². The maximum Gasteiger partial charge on any atom is 0.194 e. The Labute approximate surface area is 303 Å². The summed E-state index contributed by atoms with van der Waals surface area (Å²) < 4.78 is 4.88. The molecule has 0 radical (unpaired) electrons. The molecule has 52 heavy (non-hydrogen) atoms. The molecular formula is C46H27N5S. The minimum absolute atomic E-state index is 0.559. The highest BCUT2D eigenvalue weighted by Crippen LogP contribution is 2.44. The molecule has 10 rings (SSSR count). The highest BCUT2D eigenvalue weighted by atomic mass is 32.1. The van der Waals surface area contributed by atoms with Gasteiger partial charge >= 0.3 is 0 Å². The zero-order valence-electron chi connectivity index (χ0n) is 27.7. The maximum absolute atomic E-state index is 8.04. The zero-order chi connectivity index (χ0) is 34.6. The molecule has 0 fully saturated rings. The van der Waals surface area contributed by atoms with Crippen molar-refractivity contribution in [1.29, 1.82) is 0 Å². The molecule has 0 spiro atoms. The molecular weight excluding hydrogens is 655 g/mol. The lowest BCUT2D eigenvalue weighted by atomic mass is 9.99. The predicted molar refractivity (Wildman–Crippen MR) is 215 cm³/mol. The first-order valence-electron chi connectivity index (χ1n) is 17.1. The summed E-state index contributed by atoms with van der Waals surface area (Å²) in [6.45, 7) is 8.04. The van der Waals surface area contributed by atoms with Gasteiger partial charge in [-0.15, -0.1) is 11.3 Å². The lowest BCUT2D eigenvalue weighted by molar-refractivity contribution is 1.07. The van der Waals surface area contributed by atoms with E-state index in [1.54, 1.807) is 0 Å². The lowest BCUT2D eigenvalue weighted by Crippen LogP contribution is -2.02. The fraction of sp³-hybridized carbons (Fsp3) is 0. The topological polar surface area (TPSA) is 48.0 Å². The van der Waals surface area contributed by atoms with Gasteiger partial charge < -0.3 is 4.57 Å². The third kappa shape index (κ3) is 4.87. The van der Waals surface area contributed by atoms with Crippen molar-refractivity contribution in [3.8, 4) is 51.0 Å². The van der Waals surface area contributed by atoms with Gasteiger partial charge in [-0.1, -0.05) is 133 Å². The number of thiophene rings is 1. The summed E-state index contributed by atoms with van der Waals surface area (Å²) in [6.07, 6.45) is 0. The van der Waals surface area contributed by atoms with E-state index in [0.29, 0.717) is 23.2 Å². The van der Waals surface area contributed by atoms with Gasteiger partial charge in [-0.2, -0.15) is 0 Å². The molecule has 0 atom stereocenters. The second kappa shape index (κ2) is 12.1. The van der Waals surface area contributed by atoms with Crippen molar-refractivity contribution in [3.63, 3.8) is 0 Å². The van der Waals surface area contributed by atoms with Crippen LogP contribution in [0.25, 0.3) is 97.8 Å². The Kier molecular flexibility index (Phi) is 6.98. The molecule has 0 saturated carbocycles. The van der Waals surface area contributed by atoms with Crippen LogP contribution in [-0.4, -0.2) is 19.5 Å². The van der Waals surface area contributed by atoms with Crippen molar-refractivity contribution in [3.05, 3.63) is 175 Å². The van der Waals surface area contributed by atoms with E-state index in [0.717, 1.165) is 44.5 Å². The first kappa shape index (κ1) is 29.9. The number of rotatable bonds is 5. The van der Waals surface area contributed by atoms with Crippen molar-refractivity contribution < 1.29 is 0 Å². The van der Waals surface area contributed by atoms with Gasteiger partial charge in [0, 0.05) is 48.6 Å². The van der Waals surface area contributed by atoms with Crippen molar-refractivity contribution in [1.82, 2.24) is 19.5 Å². The average molecular weight is 682 g/mol.